The van der Waals surface area contributed by atoms with Gasteiger partial charge in [0.2, 0.25) is 29.5 Å². The van der Waals surface area contributed by atoms with Gasteiger partial charge in [-0.15, -0.1) is 0 Å². The average Bonchev–Trinajstić information content (AvgIpc) is 3.50. The topological polar surface area (TPSA) is 240 Å². The molecule has 256 valence electrons. The lowest BCUT2D eigenvalue weighted by Crippen LogP contribution is -2.63. The molecule has 0 radical (unpaired) electrons. The maximum atomic E-state index is 13.4. The molecule has 1 aromatic rings. The Morgan fingerprint density at radius 2 is 1.37 bits per heavy atom. The highest BCUT2D eigenvalue weighted by atomic mass is 16.4. The first-order valence-electron chi connectivity index (χ1n) is 15.4. The number of nitrogens with one attached hydrogen (secondary N) is 4. The van der Waals surface area contributed by atoms with E-state index in [2.05, 4.69) is 21.3 Å². The van der Waals surface area contributed by atoms with Crippen LogP contribution in [-0.2, 0) is 35.2 Å². The van der Waals surface area contributed by atoms with Crippen LogP contribution in [0.2, 0.25) is 0 Å². The maximum Gasteiger partial charge on any atom is 0.326 e. The minimum atomic E-state index is -1.59. The maximum absolute atomic E-state index is 13.4. The summed E-state index contributed by atoms with van der Waals surface area (Å²) >= 11 is 0. The summed E-state index contributed by atoms with van der Waals surface area (Å²) in [5.74, 6) is -5.93. The van der Waals surface area contributed by atoms with Crippen LogP contribution in [-0.4, -0.2) is 111 Å². The summed E-state index contributed by atoms with van der Waals surface area (Å²) in [4.78, 5) is 78.5. The fourth-order valence-electron chi connectivity index (χ4n) is 5.09. The number of rotatable bonds is 16. The molecule has 1 saturated heterocycles. The van der Waals surface area contributed by atoms with E-state index in [-0.39, 0.29) is 13.0 Å². The second-order valence-corrected chi connectivity index (χ2v) is 12.3. The Morgan fingerprint density at radius 3 is 1.89 bits per heavy atom. The van der Waals surface area contributed by atoms with Crippen molar-refractivity contribution in [3.63, 3.8) is 0 Å². The highest BCUT2D eigenvalue weighted by molar-refractivity contribution is 5.96. The molecule has 7 atom stereocenters. The van der Waals surface area contributed by atoms with Gasteiger partial charge in [0.05, 0.1) is 18.8 Å². The molecule has 0 aromatic heterocycles. The molecule has 2 rings (SSSR count). The van der Waals surface area contributed by atoms with Crippen LogP contribution in [0.25, 0.3) is 0 Å². The Morgan fingerprint density at radius 1 is 0.826 bits per heavy atom. The van der Waals surface area contributed by atoms with Crippen molar-refractivity contribution in [3.8, 4) is 0 Å². The molecule has 5 amide bonds. The summed E-state index contributed by atoms with van der Waals surface area (Å²) in [6.07, 6.45) is -0.466. The van der Waals surface area contributed by atoms with Crippen molar-refractivity contribution in [1.29, 1.82) is 0 Å². The van der Waals surface area contributed by atoms with Crippen molar-refractivity contribution < 1.29 is 44.1 Å². The van der Waals surface area contributed by atoms with Gasteiger partial charge in [-0.05, 0) is 43.6 Å². The SMILES string of the molecule is CC(C)[C@H](NC(=O)[C@@H](NC(=O)[C@H](CO)NC(=O)[C@@H](N)Cc1ccccc1)[C@@H](C)O)C(=O)N[C@H](C(=O)N1CCC[C@H]1C(=O)O)C(C)C. The molecule has 0 aliphatic carbocycles. The molecular weight excluding hydrogens is 600 g/mol. The van der Waals surface area contributed by atoms with Crippen molar-refractivity contribution in [1.82, 2.24) is 26.2 Å². The van der Waals surface area contributed by atoms with E-state index < -0.39 is 96.3 Å². The Labute approximate surface area is 268 Å². The highest BCUT2D eigenvalue weighted by Gasteiger charge is 2.40. The van der Waals surface area contributed by atoms with Gasteiger partial charge in [-0.2, -0.15) is 0 Å². The number of amides is 5. The predicted octanol–water partition coefficient (Wildman–Crippen LogP) is -1.74. The molecule has 0 unspecified atom stereocenters. The molecule has 9 N–H and O–H groups in total. The van der Waals surface area contributed by atoms with Crippen molar-refractivity contribution in [2.24, 2.45) is 17.6 Å². The molecule has 15 nitrogen and oxygen atoms in total. The smallest absolute Gasteiger partial charge is 0.326 e. The minimum absolute atomic E-state index is 0.172. The monoisotopic (exact) mass is 648 g/mol. The van der Waals surface area contributed by atoms with Crippen molar-refractivity contribution >= 4 is 35.5 Å². The van der Waals surface area contributed by atoms with E-state index in [1.54, 1.807) is 52.0 Å². The molecular formula is C31H48N6O9. The van der Waals surface area contributed by atoms with Crippen LogP contribution in [0.1, 0.15) is 53.0 Å². The summed E-state index contributed by atoms with van der Waals surface area (Å²) in [5.41, 5.74) is 6.76. The molecule has 15 heteroatoms. The zero-order chi connectivity index (χ0) is 34.7. The molecule has 0 saturated carbocycles. The Balaban J connectivity index is 2.10. The Hall–Kier alpha value is -4.08. The lowest BCUT2D eigenvalue weighted by molar-refractivity contribution is -0.150. The van der Waals surface area contributed by atoms with E-state index in [0.29, 0.717) is 12.8 Å². The van der Waals surface area contributed by atoms with E-state index in [1.807, 2.05) is 6.07 Å². The number of carbonyl (C=O) groups is 6. The number of aliphatic hydroxyl groups excluding tert-OH is 2. The summed E-state index contributed by atoms with van der Waals surface area (Å²) in [6.45, 7) is 7.32. The Bertz CT molecular complexity index is 1230. The van der Waals surface area contributed by atoms with Crippen molar-refractivity contribution in [2.45, 2.75) is 96.2 Å². The third-order valence-electron chi connectivity index (χ3n) is 7.81. The number of aliphatic carboxylic acids is 1. The number of hydrogen-bond donors (Lipinski definition) is 8. The number of aliphatic hydroxyl groups is 2. The molecule has 1 fully saturated rings. The summed E-state index contributed by atoms with van der Waals surface area (Å²) in [6, 6.07) is 1.55. The van der Waals surface area contributed by atoms with Gasteiger partial charge in [0.1, 0.15) is 30.2 Å². The van der Waals surface area contributed by atoms with E-state index >= 15 is 0 Å². The molecule has 0 spiro atoms. The quantitative estimate of drug-likeness (QED) is 0.101. The van der Waals surface area contributed by atoms with Crippen molar-refractivity contribution in [3.05, 3.63) is 35.9 Å². The van der Waals surface area contributed by atoms with E-state index in [9.17, 15) is 44.1 Å². The van der Waals surface area contributed by atoms with Crippen LogP contribution in [0.4, 0.5) is 0 Å². The number of carbonyl (C=O) groups excluding carboxylic acids is 5. The zero-order valence-electron chi connectivity index (χ0n) is 26.9. The molecule has 1 aliphatic heterocycles. The van der Waals surface area contributed by atoms with Gasteiger partial charge >= 0.3 is 5.97 Å². The van der Waals surface area contributed by atoms with Gasteiger partial charge in [0.15, 0.2) is 0 Å². The number of likely N-dealkylation sites (tertiary alicyclic amines) is 1. The highest BCUT2D eigenvalue weighted by Crippen LogP contribution is 2.20. The zero-order valence-corrected chi connectivity index (χ0v) is 26.9. The number of carboxylic acids is 1. The van der Waals surface area contributed by atoms with E-state index in [0.717, 1.165) is 5.56 Å². The second kappa shape index (κ2) is 17.6. The number of benzene rings is 1. The summed E-state index contributed by atoms with van der Waals surface area (Å²) in [7, 11) is 0. The molecule has 1 aliphatic rings. The summed E-state index contributed by atoms with van der Waals surface area (Å²) < 4.78 is 0. The number of hydrogen-bond acceptors (Lipinski definition) is 9. The molecule has 46 heavy (non-hydrogen) atoms. The first-order chi connectivity index (χ1) is 21.6. The van der Waals surface area contributed by atoms with Crippen LogP contribution in [0, 0.1) is 11.8 Å². The van der Waals surface area contributed by atoms with Crippen LogP contribution >= 0.6 is 0 Å². The lowest BCUT2D eigenvalue weighted by Gasteiger charge is -2.32. The van der Waals surface area contributed by atoms with Crippen LogP contribution in [0.5, 0.6) is 0 Å². The molecule has 0 bridgehead atoms. The number of nitrogens with two attached hydrogens (primary N) is 1. The van der Waals surface area contributed by atoms with Gasteiger partial charge in [0.25, 0.3) is 0 Å². The standard InChI is InChI=1S/C31H48N6O9/c1-16(2)23(28(42)35-24(17(3)4)30(44)37-13-9-12-22(37)31(45)46)34-29(43)25(18(5)39)36-27(41)21(15-38)33-26(40)20(32)14-19-10-7-6-8-11-19/h6-8,10-11,16-18,20-25,38-39H,9,12-15,32H2,1-5H3,(H,33,40)(H,34,43)(H,35,42)(H,36,41)(H,45,46)/t18-,20+,21+,22+,23+,24+,25+/m1/s1. The fraction of sp³-hybridized carbons (Fsp3) is 0.613. The Kier molecular flexibility index (Phi) is 14.6. The normalized spacial score (nSPS) is 18.6. The predicted molar refractivity (Wildman–Crippen MR) is 167 cm³/mol. The van der Waals surface area contributed by atoms with Crippen LogP contribution in [0.15, 0.2) is 30.3 Å². The first kappa shape index (κ1) is 38.1. The van der Waals surface area contributed by atoms with E-state index in [1.165, 1.54) is 11.8 Å². The van der Waals surface area contributed by atoms with Gasteiger partial charge in [-0.25, -0.2) is 4.79 Å². The van der Waals surface area contributed by atoms with E-state index in [4.69, 9.17) is 5.73 Å². The number of nitrogens with zero attached hydrogens (tertiary/aromatic N) is 1. The fourth-order valence-corrected chi connectivity index (χ4v) is 5.09. The number of carboxylic acid groups (broad SMARTS) is 1. The lowest BCUT2D eigenvalue weighted by atomic mass is 9.98. The van der Waals surface area contributed by atoms with Gasteiger partial charge in [-0.3, -0.25) is 24.0 Å². The second-order valence-electron chi connectivity index (χ2n) is 12.3. The first-order valence-corrected chi connectivity index (χ1v) is 15.4. The molecule has 1 aromatic carbocycles. The van der Waals surface area contributed by atoms with Crippen LogP contribution in [0.3, 0.4) is 0 Å². The average molecular weight is 649 g/mol. The minimum Gasteiger partial charge on any atom is -0.480 e. The van der Waals surface area contributed by atoms with Gasteiger partial charge < -0.3 is 47.2 Å². The third-order valence-corrected chi connectivity index (χ3v) is 7.81. The van der Waals surface area contributed by atoms with Crippen molar-refractivity contribution in [2.75, 3.05) is 13.2 Å². The third kappa shape index (κ3) is 10.5. The summed E-state index contributed by atoms with van der Waals surface area (Å²) in [5, 5.41) is 39.5. The van der Waals surface area contributed by atoms with Crippen LogP contribution < -0.4 is 27.0 Å². The molecule has 1 heterocycles. The van der Waals surface area contributed by atoms with Gasteiger partial charge in [-0.1, -0.05) is 58.0 Å². The largest absolute Gasteiger partial charge is 0.480 e. The van der Waals surface area contributed by atoms with Gasteiger partial charge in [0, 0.05) is 6.54 Å².